The Morgan fingerprint density at radius 3 is 2.73 bits per heavy atom. The molecule has 0 radical (unpaired) electrons. The second-order valence-corrected chi connectivity index (χ2v) is 7.84. The molecule has 0 bridgehead atoms. The van der Waals surface area contributed by atoms with Gasteiger partial charge in [0, 0.05) is 6.04 Å². The zero-order chi connectivity index (χ0) is 20.8. The van der Waals surface area contributed by atoms with Gasteiger partial charge in [0.25, 0.3) is 0 Å². The van der Waals surface area contributed by atoms with Gasteiger partial charge >= 0.3 is 0 Å². The number of benzene rings is 1. The summed E-state index contributed by atoms with van der Waals surface area (Å²) in [5.74, 6) is 0.585. The van der Waals surface area contributed by atoms with Crippen molar-refractivity contribution in [3.05, 3.63) is 41.7 Å². The highest BCUT2D eigenvalue weighted by molar-refractivity contribution is 5.83. The third-order valence-electron chi connectivity index (χ3n) is 5.92. The molecule has 30 heavy (non-hydrogen) atoms. The second kappa shape index (κ2) is 7.47. The molecule has 5 atom stereocenters. The number of rotatable bonds is 4. The average Bonchev–Trinajstić information content (AvgIpc) is 3.29. The fourth-order valence-corrected chi connectivity index (χ4v) is 4.30. The number of ether oxygens (including phenoxy) is 1. The molecule has 5 rings (SSSR count). The molecule has 2 aliphatic rings. The number of nitrogens with two attached hydrogens (primary N) is 1. The first-order valence-corrected chi connectivity index (χ1v) is 10.0. The van der Waals surface area contributed by atoms with Gasteiger partial charge in [-0.05, 0) is 30.4 Å². The number of aromatic nitrogens is 4. The van der Waals surface area contributed by atoms with Crippen LogP contribution in [0.4, 0.5) is 11.8 Å². The quantitative estimate of drug-likeness (QED) is 0.398. The molecule has 1 saturated heterocycles. The van der Waals surface area contributed by atoms with Gasteiger partial charge in [-0.3, -0.25) is 4.57 Å². The molecule has 3 heterocycles. The van der Waals surface area contributed by atoms with Gasteiger partial charge < -0.3 is 31.1 Å². The van der Waals surface area contributed by atoms with E-state index in [-0.39, 0.29) is 11.9 Å². The van der Waals surface area contributed by atoms with Crippen molar-refractivity contribution in [2.24, 2.45) is 0 Å². The summed E-state index contributed by atoms with van der Waals surface area (Å²) in [6.45, 7) is -0.408. The third-order valence-corrected chi connectivity index (χ3v) is 5.92. The van der Waals surface area contributed by atoms with Gasteiger partial charge in [-0.15, -0.1) is 0 Å². The van der Waals surface area contributed by atoms with E-state index in [1.54, 1.807) is 0 Å². The van der Waals surface area contributed by atoms with Crippen molar-refractivity contribution in [3.63, 3.8) is 0 Å². The summed E-state index contributed by atoms with van der Waals surface area (Å²) >= 11 is 0. The summed E-state index contributed by atoms with van der Waals surface area (Å²) in [6.07, 6.45) is -0.0355. The van der Waals surface area contributed by atoms with E-state index in [0.717, 1.165) is 19.3 Å². The predicted molar refractivity (Wildman–Crippen MR) is 109 cm³/mol. The number of nitrogens with zero attached hydrogens (tertiary/aromatic N) is 4. The number of aliphatic hydroxyl groups is 3. The van der Waals surface area contributed by atoms with E-state index >= 15 is 0 Å². The SMILES string of the molecule is Nc1nc(NC2CCc3ccccc3C2)nc2c1ncn2[C@@H]1O[C@H](CO)[C@@H](O)[C@H]1O. The summed E-state index contributed by atoms with van der Waals surface area (Å²) in [6, 6.07) is 8.57. The second-order valence-electron chi connectivity index (χ2n) is 7.84. The lowest BCUT2D eigenvalue weighted by molar-refractivity contribution is -0.0511. The first-order chi connectivity index (χ1) is 14.5. The van der Waals surface area contributed by atoms with Gasteiger partial charge in [-0.25, -0.2) is 4.98 Å². The molecular formula is C20H24N6O4. The van der Waals surface area contributed by atoms with Crippen molar-refractivity contribution in [3.8, 4) is 0 Å². The molecule has 0 amide bonds. The van der Waals surface area contributed by atoms with Crippen molar-refractivity contribution >= 4 is 22.9 Å². The van der Waals surface area contributed by atoms with Crippen molar-refractivity contribution in [1.82, 2.24) is 19.5 Å². The fourth-order valence-electron chi connectivity index (χ4n) is 4.30. The van der Waals surface area contributed by atoms with Crippen LogP contribution >= 0.6 is 0 Å². The molecule has 1 unspecified atom stereocenters. The van der Waals surface area contributed by atoms with Crippen molar-refractivity contribution < 1.29 is 20.1 Å². The smallest absolute Gasteiger partial charge is 0.227 e. The molecule has 1 aliphatic heterocycles. The average molecular weight is 412 g/mol. The van der Waals surface area contributed by atoms with E-state index < -0.39 is 31.1 Å². The third kappa shape index (κ3) is 3.18. The highest BCUT2D eigenvalue weighted by atomic mass is 16.6. The zero-order valence-electron chi connectivity index (χ0n) is 16.2. The summed E-state index contributed by atoms with van der Waals surface area (Å²) < 4.78 is 7.12. The van der Waals surface area contributed by atoms with Gasteiger partial charge in [-0.1, -0.05) is 24.3 Å². The fraction of sp³-hybridized carbons (Fsp3) is 0.450. The zero-order valence-corrected chi connectivity index (χ0v) is 16.2. The molecule has 1 aliphatic carbocycles. The molecule has 0 saturated carbocycles. The lowest BCUT2D eigenvalue weighted by Crippen LogP contribution is -2.33. The van der Waals surface area contributed by atoms with Crippen LogP contribution in [0.25, 0.3) is 11.2 Å². The van der Waals surface area contributed by atoms with E-state index in [1.807, 2.05) is 6.07 Å². The Morgan fingerprint density at radius 1 is 1.17 bits per heavy atom. The molecule has 1 fully saturated rings. The van der Waals surface area contributed by atoms with Crippen LogP contribution in [-0.4, -0.2) is 65.8 Å². The number of nitrogen functional groups attached to an aromatic ring is 1. The lowest BCUT2D eigenvalue weighted by atomic mass is 9.88. The number of anilines is 2. The van der Waals surface area contributed by atoms with Crippen LogP contribution < -0.4 is 11.1 Å². The number of aryl methyl sites for hydroxylation is 1. The van der Waals surface area contributed by atoms with Crippen LogP contribution in [0.1, 0.15) is 23.8 Å². The van der Waals surface area contributed by atoms with Gasteiger partial charge in [0.05, 0.1) is 12.9 Å². The van der Waals surface area contributed by atoms with E-state index in [1.165, 1.54) is 22.0 Å². The number of hydrogen-bond acceptors (Lipinski definition) is 9. The Labute approximate surface area is 172 Å². The summed E-state index contributed by atoms with van der Waals surface area (Å²) in [7, 11) is 0. The Balaban J connectivity index is 1.43. The normalized spacial score (nSPS) is 28.6. The van der Waals surface area contributed by atoms with Crippen LogP contribution in [0.15, 0.2) is 30.6 Å². The number of hydrogen-bond donors (Lipinski definition) is 5. The summed E-state index contributed by atoms with van der Waals surface area (Å²) in [5.41, 5.74) is 9.55. The van der Waals surface area contributed by atoms with Crippen LogP contribution in [0.2, 0.25) is 0 Å². The molecule has 10 heteroatoms. The summed E-state index contributed by atoms with van der Waals surface area (Å²) in [5, 5.41) is 33.1. The van der Waals surface area contributed by atoms with Crippen LogP contribution in [0, 0.1) is 0 Å². The minimum atomic E-state index is -1.23. The Morgan fingerprint density at radius 2 is 1.97 bits per heavy atom. The molecule has 2 aromatic heterocycles. The maximum Gasteiger partial charge on any atom is 0.227 e. The van der Waals surface area contributed by atoms with Gasteiger partial charge in [-0.2, -0.15) is 9.97 Å². The van der Waals surface area contributed by atoms with Gasteiger partial charge in [0.2, 0.25) is 5.95 Å². The molecular weight excluding hydrogens is 388 g/mol. The van der Waals surface area contributed by atoms with E-state index in [2.05, 4.69) is 38.5 Å². The van der Waals surface area contributed by atoms with E-state index in [9.17, 15) is 15.3 Å². The maximum absolute atomic E-state index is 10.4. The van der Waals surface area contributed by atoms with Gasteiger partial charge in [0.15, 0.2) is 17.7 Å². The largest absolute Gasteiger partial charge is 0.394 e. The van der Waals surface area contributed by atoms with Crippen molar-refractivity contribution in [2.45, 2.75) is 49.8 Å². The molecule has 6 N–H and O–H groups in total. The first kappa shape index (κ1) is 19.2. The minimum Gasteiger partial charge on any atom is -0.394 e. The van der Waals surface area contributed by atoms with Crippen LogP contribution in [0.3, 0.4) is 0 Å². The highest BCUT2D eigenvalue weighted by Gasteiger charge is 2.44. The van der Waals surface area contributed by atoms with Crippen LogP contribution in [0.5, 0.6) is 0 Å². The van der Waals surface area contributed by atoms with Crippen molar-refractivity contribution in [1.29, 1.82) is 0 Å². The van der Waals surface area contributed by atoms with Gasteiger partial charge in [0.1, 0.15) is 23.8 Å². The number of nitrogens with one attached hydrogen (secondary N) is 1. The maximum atomic E-state index is 10.4. The summed E-state index contributed by atoms with van der Waals surface area (Å²) in [4.78, 5) is 13.1. The minimum absolute atomic E-state index is 0.169. The van der Waals surface area contributed by atoms with E-state index in [4.69, 9.17) is 10.5 Å². The standard InChI is InChI=1S/C20H24N6O4/c21-17-14-18(26(9-22-14)19-16(29)15(28)13(8-27)30-19)25-20(24-17)23-12-6-5-10-3-1-2-4-11(10)7-12/h1-4,9,12-13,15-16,19,27-29H,5-8H2,(H3,21,23,24,25)/t12?,13-,15-,16-,19-/m1/s1. The number of aliphatic hydroxyl groups excluding tert-OH is 3. The molecule has 158 valence electrons. The lowest BCUT2D eigenvalue weighted by Gasteiger charge is -2.25. The number of imidazole rings is 1. The van der Waals surface area contributed by atoms with E-state index in [0.29, 0.717) is 17.1 Å². The molecule has 3 aromatic rings. The first-order valence-electron chi connectivity index (χ1n) is 10.0. The van der Waals surface area contributed by atoms with Crippen LogP contribution in [-0.2, 0) is 17.6 Å². The molecule has 1 aromatic carbocycles. The predicted octanol–water partition coefficient (Wildman–Crippen LogP) is -0.0106. The highest BCUT2D eigenvalue weighted by Crippen LogP contribution is 2.32. The topological polar surface area (TPSA) is 152 Å². The Kier molecular flexibility index (Phi) is 4.78. The number of fused-ring (bicyclic) bond motifs is 2. The monoisotopic (exact) mass is 412 g/mol. The Bertz CT molecular complexity index is 1070. The Hall–Kier alpha value is -2.79. The molecule has 0 spiro atoms. The molecule has 10 nitrogen and oxygen atoms in total. The van der Waals surface area contributed by atoms with Crippen molar-refractivity contribution in [2.75, 3.05) is 17.7 Å².